The number of rotatable bonds is 6. The molecule has 0 atom stereocenters. The van der Waals surface area contributed by atoms with Crippen molar-refractivity contribution in [2.75, 3.05) is 18.2 Å². The Morgan fingerprint density at radius 2 is 1.96 bits per heavy atom. The number of aromatic nitrogens is 2. The molecule has 138 valence electrons. The van der Waals surface area contributed by atoms with Gasteiger partial charge in [0.25, 0.3) is 5.56 Å². The van der Waals surface area contributed by atoms with E-state index in [1.165, 1.54) is 42.1 Å². The number of thioether (sulfide) groups is 1. The summed E-state index contributed by atoms with van der Waals surface area (Å²) in [6.07, 6.45) is 3.04. The number of nitrogens with one attached hydrogen (secondary N) is 1. The molecule has 0 radical (unpaired) electrons. The van der Waals surface area contributed by atoms with Crippen molar-refractivity contribution in [3.8, 4) is 11.4 Å². The zero-order valence-corrected chi connectivity index (χ0v) is 15.2. The smallest absolute Gasteiger partial charge is 0.287 e. The number of hydrogen-bond acceptors (Lipinski definition) is 5. The van der Waals surface area contributed by atoms with Gasteiger partial charge in [-0.1, -0.05) is 23.9 Å². The van der Waals surface area contributed by atoms with E-state index in [9.17, 15) is 14.0 Å². The fourth-order valence-corrected chi connectivity index (χ4v) is 3.07. The summed E-state index contributed by atoms with van der Waals surface area (Å²) in [4.78, 5) is 28.8. The second-order valence-corrected chi connectivity index (χ2v) is 6.39. The molecule has 1 N–H and O–H groups in total. The van der Waals surface area contributed by atoms with Gasteiger partial charge in [-0.2, -0.15) is 0 Å². The van der Waals surface area contributed by atoms with Gasteiger partial charge >= 0.3 is 0 Å². The van der Waals surface area contributed by atoms with Crippen LogP contribution in [0.15, 0.2) is 70.7 Å². The Bertz CT molecular complexity index is 1010. The van der Waals surface area contributed by atoms with Gasteiger partial charge in [-0.15, -0.1) is 0 Å². The lowest BCUT2D eigenvalue weighted by molar-refractivity contribution is -0.113. The second-order valence-electron chi connectivity index (χ2n) is 5.42. The number of methoxy groups -OCH3 is 1. The summed E-state index contributed by atoms with van der Waals surface area (Å²) in [6, 6.07) is 12.6. The Morgan fingerprint density at radius 3 is 2.70 bits per heavy atom. The van der Waals surface area contributed by atoms with Gasteiger partial charge in [-0.25, -0.2) is 9.37 Å². The number of amides is 1. The monoisotopic (exact) mass is 385 g/mol. The molecule has 8 heteroatoms. The quantitative estimate of drug-likeness (QED) is 0.660. The summed E-state index contributed by atoms with van der Waals surface area (Å²) >= 11 is 1.03. The number of benzene rings is 2. The Morgan fingerprint density at radius 1 is 1.22 bits per heavy atom. The molecule has 0 aliphatic carbocycles. The number of nitrogens with zero attached hydrogens (tertiary/aromatic N) is 2. The van der Waals surface area contributed by atoms with Crippen LogP contribution >= 0.6 is 11.8 Å². The molecule has 1 aromatic heterocycles. The highest BCUT2D eigenvalue weighted by molar-refractivity contribution is 7.99. The van der Waals surface area contributed by atoms with Crippen molar-refractivity contribution >= 4 is 23.4 Å². The molecule has 1 amide bonds. The van der Waals surface area contributed by atoms with Crippen molar-refractivity contribution in [1.82, 2.24) is 9.55 Å². The zero-order valence-electron chi connectivity index (χ0n) is 14.4. The first kappa shape index (κ1) is 18.7. The zero-order chi connectivity index (χ0) is 19.2. The van der Waals surface area contributed by atoms with Gasteiger partial charge < -0.3 is 10.1 Å². The van der Waals surface area contributed by atoms with Crippen molar-refractivity contribution in [1.29, 1.82) is 0 Å². The predicted octanol–water partition coefficient (Wildman–Crippen LogP) is 3.11. The molecule has 0 unspecified atom stereocenters. The number of hydrogen-bond donors (Lipinski definition) is 1. The summed E-state index contributed by atoms with van der Waals surface area (Å²) in [7, 11) is 1.53. The van der Waals surface area contributed by atoms with Crippen molar-refractivity contribution in [2.24, 2.45) is 0 Å². The standard InChI is InChI=1S/C19H16FN3O3S/c1-26-16-5-3-2-4-15(16)23-11-10-21-18(19(23)25)27-12-17(24)22-14-8-6-13(20)7-9-14/h2-11H,12H2,1H3,(H,22,24). The maximum absolute atomic E-state index is 12.9. The third-order valence-corrected chi connectivity index (χ3v) is 4.58. The van der Waals surface area contributed by atoms with E-state index in [0.29, 0.717) is 17.1 Å². The van der Waals surface area contributed by atoms with Crippen LogP contribution in [-0.4, -0.2) is 28.3 Å². The van der Waals surface area contributed by atoms with E-state index in [4.69, 9.17) is 4.74 Å². The summed E-state index contributed by atoms with van der Waals surface area (Å²) in [6.45, 7) is 0. The highest BCUT2D eigenvalue weighted by Crippen LogP contribution is 2.21. The molecule has 0 bridgehead atoms. The largest absolute Gasteiger partial charge is 0.495 e. The summed E-state index contributed by atoms with van der Waals surface area (Å²) < 4.78 is 19.6. The van der Waals surface area contributed by atoms with Gasteiger partial charge in [-0.05, 0) is 36.4 Å². The fourth-order valence-electron chi connectivity index (χ4n) is 2.38. The minimum Gasteiger partial charge on any atom is -0.495 e. The van der Waals surface area contributed by atoms with Crippen LogP contribution in [0.1, 0.15) is 0 Å². The van der Waals surface area contributed by atoms with E-state index in [1.807, 2.05) is 6.07 Å². The molecule has 0 fully saturated rings. The molecule has 0 aliphatic rings. The lowest BCUT2D eigenvalue weighted by Crippen LogP contribution is -2.22. The molecule has 0 saturated heterocycles. The molecule has 3 aromatic rings. The molecule has 6 nitrogen and oxygen atoms in total. The average molecular weight is 385 g/mol. The minimum absolute atomic E-state index is 0.00441. The third-order valence-electron chi connectivity index (χ3n) is 3.62. The van der Waals surface area contributed by atoms with Crippen molar-refractivity contribution in [3.63, 3.8) is 0 Å². The van der Waals surface area contributed by atoms with Crippen molar-refractivity contribution in [3.05, 3.63) is 77.1 Å². The fraction of sp³-hybridized carbons (Fsp3) is 0.105. The highest BCUT2D eigenvalue weighted by Gasteiger charge is 2.12. The average Bonchev–Trinajstić information content (AvgIpc) is 2.69. The molecular weight excluding hydrogens is 369 g/mol. The summed E-state index contributed by atoms with van der Waals surface area (Å²) in [5.74, 6) is -0.153. The van der Waals surface area contributed by atoms with Crippen LogP contribution in [0.2, 0.25) is 0 Å². The van der Waals surface area contributed by atoms with Gasteiger partial charge in [0.1, 0.15) is 11.6 Å². The normalized spacial score (nSPS) is 10.4. The van der Waals surface area contributed by atoms with Gasteiger partial charge in [0.2, 0.25) is 5.91 Å². The van der Waals surface area contributed by atoms with Crippen LogP contribution < -0.4 is 15.6 Å². The molecule has 2 aromatic carbocycles. The number of anilines is 1. The Hall–Kier alpha value is -3.13. The number of carbonyl (C=O) groups is 1. The van der Waals surface area contributed by atoms with E-state index in [0.717, 1.165) is 11.8 Å². The SMILES string of the molecule is COc1ccccc1-n1ccnc(SCC(=O)Nc2ccc(F)cc2)c1=O. The highest BCUT2D eigenvalue weighted by atomic mass is 32.2. The molecular formula is C19H16FN3O3S. The van der Waals surface area contributed by atoms with E-state index in [-0.39, 0.29) is 28.1 Å². The molecule has 1 heterocycles. The minimum atomic E-state index is -0.382. The first-order valence-electron chi connectivity index (χ1n) is 7.98. The number of carbonyl (C=O) groups excluding carboxylic acids is 1. The van der Waals surface area contributed by atoms with Gasteiger partial charge in [0.05, 0.1) is 18.6 Å². The van der Waals surface area contributed by atoms with Gasteiger partial charge in [0, 0.05) is 18.1 Å². The van der Waals surface area contributed by atoms with Crippen LogP contribution in [0.25, 0.3) is 5.69 Å². The van der Waals surface area contributed by atoms with Crippen LogP contribution in [0.4, 0.5) is 10.1 Å². The van der Waals surface area contributed by atoms with E-state index >= 15 is 0 Å². The number of para-hydroxylation sites is 2. The van der Waals surface area contributed by atoms with E-state index < -0.39 is 0 Å². The van der Waals surface area contributed by atoms with Gasteiger partial charge in [0.15, 0.2) is 5.03 Å². The maximum atomic E-state index is 12.9. The topological polar surface area (TPSA) is 73.2 Å². The number of halogens is 1. The molecule has 0 aliphatic heterocycles. The van der Waals surface area contributed by atoms with Gasteiger partial charge in [-0.3, -0.25) is 14.2 Å². The number of ether oxygens (including phenoxy) is 1. The lowest BCUT2D eigenvalue weighted by atomic mass is 10.3. The second kappa shape index (κ2) is 8.50. The lowest BCUT2D eigenvalue weighted by Gasteiger charge is -2.11. The van der Waals surface area contributed by atoms with Crippen molar-refractivity contribution < 1.29 is 13.9 Å². The first-order chi connectivity index (χ1) is 13.1. The molecule has 0 spiro atoms. The van der Waals surface area contributed by atoms with Crippen LogP contribution in [0.5, 0.6) is 5.75 Å². The van der Waals surface area contributed by atoms with Crippen LogP contribution in [0.3, 0.4) is 0 Å². The first-order valence-corrected chi connectivity index (χ1v) is 8.96. The Labute approximate surface area is 159 Å². The van der Waals surface area contributed by atoms with Crippen LogP contribution in [-0.2, 0) is 4.79 Å². The predicted molar refractivity (Wildman–Crippen MR) is 102 cm³/mol. The third kappa shape index (κ3) is 4.53. The molecule has 0 saturated carbocycles. The molecule has 3 rings (SSSR count). The van der Waals surface area contributed by atoms with E-state index in [1.54, 1.807) is 24.4 Å². The van der Waals surface area contributed by atoms with Crippen molar-refractivity contribution in [2.45, 2.75) is 5.03 Å². The van der Waals surface area contributed by atoms with E-state index in [2.05, 4.69) is 10.3 Å². The Kier molecular flexibility index (Phi) is 5.87. The summed E-state index contributed by atoms with van der Waals surface area (Å²) in [5, 5.41) is 2.83. The molecule has 27 heavy (non-hydrogen) atoms. The summed E-state index contributed by atoms with van der Waals surface area (Å²) in [5.41, 5.74) is 0.723. The van der Waals surface area contributed by atoms with Crippen LogP contribution in [0, 0.1) is 5.82 Å². The Balaban J connectivity index is 1.73. The maximum Gasteiger partial charge on any atom is 0.287 e.